The van der Waals surface area contributed by atoms with E-state index in [1.54, 1.807) is 0 Å². The van der Waals surface area contributed by atoms with Crippen LogP contribution in [-0.4, -0.2) is 55.1 Å². The highest BCUT2D eigenvalue weighted by Gasteiger charge is 2.34. The molecule has 1 aromatic rings. The molecule has 2 atom stereocenters. The van der Waals surface area contributed by atoms with Crippen molar-refractivity contribution in [1.29, 1.82) is 0 Å². The lowest BCUT2D eigenvalue weighted by molar-refractivity contribution is -0.139. The van der Waals surface area contributed by atoms with Crippen LogP contribution in [0, 0.1) is 0 Å². The van der Waals surface area contributed by atoms with E-state index in [1.165, 1.54) is 11.1 Å². The van der Waals surface area contributed by atoms with Crippen molar-refractivity contribution in [3.05, 3.63) is 35.4 Å². The van der Waals surface area contributed by atoms with Gasteiger partial charge < -0.3 is 9.64 Å². The van der Waals surface area contributed by atoms with Gasteiger partial charge in [-0.05, 0) is 30.4 Å². The van der Waals surface area contributed by atoms with Gasteiger partial charge in [-0.3, -0.25) is 9.69 Å². The molecule has 1 amide bonds. The number of fused-ring (bicyclic) bond motifs is 1. The molecule has 1 aliphatic heterocycles. The van der Waals surface area contributed by atoms with Crippen LogP contribution in [0.5, 0.6) is 0 Å². The van der Waals surface area contributed by atoms with Gasteiger partial charge >= 0.3 is 0 Å². The number of carbonyl (C=O) groups excluding carboxylic acids is 1. The largest absolute Gasteiger partial charge is 0.379 e. The fourth-order valence-electron chi connectivity index (χ4n) is 3.80. The zero-order chi connectivity index (χ0) is 15.5. The Hall–Kier alpha value is -1.10. The van der Waals surface area contributed by atoms with Crippen molar-refractivity contribution in [1.82, 2.24) is 9.80 Å². The van der Waals surface area contributed by atoms with Crippen LogP contribution in [0.4, 0.5) is 0 Å². The summed E-state index contributed by atoms with van der Waals surface area (Å²) in [4.78, 5) is 17.3. The molecule has 2 unspecified atom stereocenters. The first-order valence-electron chi connectivity index (χ1n) is 8.38. The minimum absolute atomic E-state index is 0. The topological polar surface area (TPSA) is 32.8 Å². The van der Waals surface area contributed by atoms with E-state index in [9.17, 15) is 4.79 Å². The molecule has 3 rings (SSSR count). The fourth-order valence-corrected chi connectivity index (χ4v) is 3.80. The summed E-state index contributed by atoms with van der Waals surface area (Å²) in [5.74, 6) is 0.256. The van der Waals surface area contributed by atoms with Crippen LogP contribution in [0.2, 0.25) is 0 Å². The van der Waals surface area contributed by atoms with E-state index in [0.717, 1.165) is 45.6 Å². The summed E-state index contributed by atoms with van der Waals surface area (Å²) in [6, 6.07) is 8.75. The maximum Gasteiger partial charge on any atom is 0.240 e. The van der Waals surface area contributed by atoms with Gasteiger partial charge in [0.2, 0.25) is 5.91 Å². The summed E-state index contributed by atoms with van der Waals surface area (Å²) >= 11 is 0. The zero-order valence-electron chi connectivity index (χ0n) is 14.0. The number of nitrogens with zero attached hydrogens (tertiary/aromatic N) is 2. The maximum absolute atomic E-state index is 13.0. The normalized spacial score (nSPS) is 22.1. The van der Waals surface area contributed by atoms with Gasteiger partial charge in [0.15, 0.2) is 0 Å². The number of halogens is 1. The molecule has 1 heterocycles. The molecule has 0 aromatic heterocycles. The van der Waals surface area contributed by atoms with Crippen LogP contribution < -0.4 is 0 Å². The third-order valence-corrected chi connectivity index (χ3v) is 5.07. The number of aryl methyl sites for hydroxylation is 1. The summed E-state index contributed by atoms with van der Waals surface area (Å²) in [6.45, 7) is 5.30. The lowest BCUT2D eigenvalue weighted by Crippen LogP contribution is -2.51. The van der Waals surface area contributed by atoms with Gasteiger partial charge in [0, 0.05) is 20.1 Å². The van der Waals surface area contributed by atoms with E-state index >= 15 is 0 Å². The van der Waals surface area contributed by atoms with Crippen molar-refractivity contribution < 1.29 is 9.53 Å². The minimum Gasteiger partial charge on any atom is -0.379 e. The average Bonchev–Trinajstić information content (AvgIpc) is 3.00. The first-order chi connectivity index (χ1) is 10.7. The SMILES string of the molecule is CCC(C(=O)N(C)C1CCc2ccccc21)N1CCOCC1.Cl. The molecule has 0 bridgehead atoms. The number of benzene rings is 1. The Kier molecular flexibility index (Phi) is 6.45. The monoisotopic (exact) mass is 338 g/mol. The average molecular weight is 339 g/mol. The number of morpholine rings is 1. The Morgan fingerprint density at radius 1 is 1.35 bits per heavy atom. The zero-order valence-corrected chi connectivity index (χ0v) is 14.8. The molecule has 5 heteroatoms. The van der Waals surface area contributed by atoms with Gasteiger partial charge in [-0.25, -0.2) is 0 Å². The number of amides is 1. The molecule has 1 aliphatic carbocycles. The number of hydrogen-bond donors (Lipinski definition) is 0. The molecule has 1 aromatic carbocycles. The first kappa shape index (κ1) is 18.2. The van der Waals surface area contributed by atoms with Crippen LogP contribution in [0.3, 0.4) is 0 Å². The summed E-state index contributed by atoms with van der Waals surface area (Å²) in [6.07, 6.45) is 2.98. The van der Waals surface area contributed by atoms with Gasteiger partial charge in [-0.15, -0.1) is 12.4 Å². The van der Waals surface area contributed by atoms with E-state index in [0.29, 0.717) is 0 Å². The number of rotatable bonds is 4. The molecule has 0 N–H and O–H groups in total. The Balaban J connectivity index is 0.00000192. The Morgan fingerprint density at radius 2 is 2.04 bits per heavy atom. The van der Waals surface area contributed by atoms with Gasteiger partial charge in [-0.2, -0.15) is 0 Å². The second kappa shape index (κ2) is 8.13. The number of hydrogen-bond acceptors (Lipinski definition) is 3. The molecular formula is C18H27ClN2O2. The summed E-state index contributed by atoms with van der Waals surface area (Å²) in [5, 5.41) is 0. The molecule has 23 heavy (non-hydrogen) atoms. The van der Waals surface area contributed by atoms with Crippen molar-refractivity contribution in [3.8, 4) is 0 Å². The van der Waals surface area contributed by atoms with Crippen molar-refractivity contribution in [2.75, 3.05) is 33.4 Å². The molecule has 1 saturated heterocycles. The fraction of sp³-hybridized carbons (Fsp3) is 0.611. The molecule has 2 aliphatic rings. The standard InChI is InChI=1S/C18H26N2O2.ClH/c1-3-16(20-10-12-22-13-11-20)18(21)19(2)17-9-8-14-6-4-5-7-15(14)17;/h4-7,16-17H,3,8-13H2,1-2H3;1H. The Labute approximate surface area is 145 Å². The molecule has 4 nitrogen and oxygen atoms in total. The van der Waals surface area contributed by atoms with E-state index < -0.39 is 0 Å². The summed E-state index contributed by atoms with van der Waals surface area (Å²) in [5.41, 5.74) is 2.72. The lowest BCUT2D eigenvalue weighted by Gasteiger charge is -2.37. The number of ether oxygens (including phenoxy) is 1. The van der Waals surface area contributed by atoms with E-state index in [2.05, 4.69) is 36.1 Å². The highest BCUT2D eigenvalue weighted by molar-refractivity contribution is 5.85. The lowest BCUT2D eigenvalue weighted by atomic mass is 10.1. The van der Waals surface area contributed by atoms with Crippen LogP contribution in [0.1, 0.15) is 36.9 Å². The van der Waals surface area contributed by atoms with Gasteiger partial charge in [0.05, 0.1) is 25.3 Å². The third kappa shape index (κ3) is 3.70. The van der Waals surface area contributed by atoms with Crippen molar-refractivity contribution >= 4 is 18.3 Å². The summed E-state index contributed by atoms with van der Waals surface area (Å²) < 4.78 is 5.41. The van der Waals surface area contributed by atoms with Crippen molar-refractivity contribution in [3.63, 3.8) is 0 Å². The highest BCUT2D eigenvalue weighted by atomic mass is 35.5. The number of likely N-dealkylation sites (N-methyl/N-ethyl adjacent to an activating group) is 1. The van der Waals surface area contributed by atoms with E-state index in [1.807, 2.05) is 11.9 Å². The predicted octanol–water partition coefficient (Wildman–Crippen LogP) is 2.66. The van der Waals surface area contributed by atoms with Crippen LogP contribution in [-0.2, 0) is 16.0 Å². The number of carbonyl (C=O) groups is 1. The van der Waals surface area contributed by atoms with Crippen LogP contribution >= 0.6 is 12.4 Å². The van der Waals surface area contributed by atoms with Gasteiger partial charge in [-0.1, -0.05) is 31.2 Å². The van der Waals surface area contributed by atoms with Gasteiger partial charge in [0.25, 0.3) is 0 Å². The third-order valence-electron chi connectivity index (χ3n) is 5.07. The van der Waals surface area contributed by atoms with Crippen LogP contribution in [0.15, 0.2) is 24.3 Å². The predicted molar refractivity (Wildman–Crippen MR) is 94.0 cm³/mol. The Morgan fingerprint density at radius 3 is 2.74 bits per heavy atom. The van der Waals surface area contributed by atoms with Crippen molar-refractivity contribution in [2.24, 2.45) is 0 Å². The highest BCUT2D eigenvalue weighted by Crippen LogP contribution is 2.35. The molecule has 128 valence electrons. The first-order valence-corrected chi connectivity index (χ1v) is 8.38. The molecule has 0 spiro atoms. The molecule has 0 radical (unpaired) electrons. The van der Waals surface area contributed by atoms with E-state index in [-0.39, 0.29) is 30.4 Å². The minimum atomic E-state index is -0.0123. The van der Waals surface area contributed by atoms with Crippen LogP contribution in [0.25, 0.3) is 0 Å². The van der Waals surface area contributed by atoms with Crippen molar-refractivity contribution in [2.45, 2.75) is 38.3 Å². The molecule has 0 saturated carbocycles. The maximum atomic E-state index is 13.0. The van der Waals surface area contributed by atoms with E-state index in [4.69, 9.17) is 4.74 Å². The second-order valence-electron chi connectivity index (χ2n) is 6.27. The van der Waals surface area contributed by atoms with Gasteiger partial charge in [0.1, 0.15) is 0 Å². The molecular weight excluding hydrogens is 312 g/mol. The Bertz CT molecular complexity index is 532. The quantitative estimate of drug-likeness (QED) is 0.846. The second-order valence-corrected chi connectivity index (χ2v) is 6.27. The smallest absolute Gasteiger partial charge is 0.240 e. The molecule has 1 fully saturated rings. The summed E-state index contributed by atoms with van der Waals surface area (Å²) in [7, 11) is 1.97.